The maximum atomic E-state index is 6.29. The Hall–Kier alpha value is -1.28. The Balaban J connectivity index is 2.13. The van der Waals surface area contributed by atoms with E-state index in [4.69, 9.17) is 16.0 Å². The van der Waals surface area contributed by atoms with Gasteiger partial charge in [0.1, 0.15) is 11.5 Å². The molecule has 0 aliphatic rings. The summed E-state index contributed by atoms with van der Waals surface area (Å²) < 4.78 is 5.50. The van der Waals surface area contributed by atoms with Gasteiger partial charge in [0.05, 0.1) is 5.38 Å². The third-order valence-electron chi connectivity index (χ3n) is 2.56. The summed E-state index contributed by atoms with van der Waals surface area (Å²) in [6, 6.07) is 7.82. The first-order valence-corrected chi connectivity index (χ1v) is 5.71. The van der Waals surface area contributed by atoms with Gasteiger partial charge in [0, 0.05) is 18.3 Å². The van der Waals surface area contributed by atoms with Gasteiger partial charge in [-0.2, -0.15) is 0 Å². The first kappa shape index (κ1) is 11.2. The predicted molar refractivity (Wildman–Crippen MR) is 64.7 cm³/mol. The van der Waals surface area contributed by atoms with Crippen molar-refractivity contribution in [2.45, 2.75) is 25.6 Å². The number of pyridine rings is 1. The Morgan fingerprint density at radius 3 is 2.75 bits per heavy atom. The Morgan fingerprint density at radius 1 is 1.31 bits per heavy atom. The van der Waals surface area contributed by atoms with E-state index < -0.39 is 0 Å². The van der Waals surface area contributed by atoms with Crippen LogP contribution in [-0.2, 0) is 6.42 Å². The number of furan rings is 1. The van der Waals surface area contributed by atoms with Crippen LogP contribution >= 0.6 is 11.6 Å². The summed E-state index contributed by atoms with van der Waals surface area (Å²) in [4.78, 5) is 4.32. The molecule has 2 aromatic rings. The van der Waals surface area contributed by atoms with Crippen molar-refractivity contribution in [2.24, 2.45) is 0 Å². The van der Waals surface area contributed by atoms with Crippen LogP contribution in [0, 0.1) is 13.8 Å². The molecule has 0 aromatic carbocycles. The maximum absolute atomic E-state index is 6.29. The Bertz CT molecular complexity index is 478. The minimum absolute atomic E-state index is 0.151. The predicted octanol–water partition coefficient (Wildman–Crippen LogP) is 3.81. The lowest BCUT2D eigenvalue weighted by atomic mass is 10.1. The number of rotatable bonds is 3. The molecule has 0 saturated carbocycles. The summed E-state index contributed by atoms with van der Waals surface area (Å²) in [7, 11) is 0. The highest BCUT2D eigenvalue weighted by Gasteiger charge is 2.14. The molecule has 0 aliphatic carbocycles. The van der Waals surface area contributed by atoms with Gasteiger partial charge in [0.2, 0.25) is 0 Å². The standard InChI is InChI=1S/C13H14ClNO/c1-9-4-3-7-15-12(9)8-11(14)13-6-5-10(2)16-13/h3-7,11H,8H2,1-2H3. The monoisotopic (exact) mass is 235 g/mol. The molecule has 2 rings (SSSR count). The van der Waals surface area contributed by atoms with E-state index in [1.165, 1.54) is 0 Å². The lowest BCUT2D eigenvalue weighted by Gasteiger charge is -2.08. The van der Waals surface area contributed by atoms with Crippen molar-refractivity contribution < 1.29 is 4.42 Å². The largest absolute Gasteiger partial charge is 0.465 e. The molecule has 0 radical (unpaired) electrons. The summed E-state index contributed by atoms with van der Waals surface area (Å²) in [5.74, 6) is 1.70. The van der Waals surface area contributed by atoms with Crippen LogP contribution in [0.3, 0.4) is 0 Å². The van der Waals surface area contributed by atoms with E-state index in [1.54, 1.807) is 6.20 Å². The minimum Gasteiger partial charge on any atom is -0.465 e. The van der Waals surface area contributed by atoms with Crippen molar-refractivity contribution in [1.82, 2.24) is 4.98 Å². The van der Waals surface area contributed by atoms with E-state index in [9.17, 15) is 0 Å². The Kier molecular flexibility index (Phi) is 3.30. The highest BCUT2D eigenvalue weighted by Crippen LogP contribution is 2.26. The smallest absolute Gasteiger partial charge is 0.122 e. The molecule has 3 heteroatoms. The summed E-state index contributed by atoms with van der Waals surface area (Å²) in [6.45, 7) is 3.96. The zero-order chi connectivity index (χ0) is 11.5. The molecule has 0 spiro atoms. The quantitative estimate of drug-likeness (QED) is 0.756. The normalized spacial score (nSPS) is 12.7. The van der Waals surface area contributed by atoms with Crippen LogP contribution in [0.25, 0.3) is 0 Å². The second kappa shape index (κ2) is 4.71. The number of aromatic nitrogens is 1. The SMILES string of the molecule is Cc1ccc(C(Cl)Cc2ncccc2C)o1. The molecule has 0 saturated heterocycles. The molecule has 1 atom stereocenters. The van der Waals surface area contributed by atoms with Gasteiger partial charge in [0.25, 0.3) is 0 Å². The van der Waals surface area contributed by atoms with Crippen molar-refractivity contribution in [1.29, 1.82) is 0 Å². The Labute approximate surface area is 100 Å². The number of nitrogens with zero attached hydrogens (tertiary/aromatic N) is 1. The van der Waals surface area contributed by atoms with Gasteiger partial charge >= 0.3 is 0 Å². The molecule has 2 nitrogen and oxygen atoms in total. The summed E-state index contributed by atoms with van der Waals surface area (Å²) in [5.41, 5.74) is 2.19. The van der Waals surface area contributed by atoms with E-state index in [0.717, 1.165) is 22.8 Å². The average Bonchev–Trinajstić information content (AvgIpc) is 2.68. The molecule has 2 heterocycles. The molecule has 0 aliphatic heterocycles. The second-order valence-electron chi connectivity index (χ2n) is 3.89. The van der Waals surface area contributed by atoms with Gasteiger partial charge in [-0.05, 0) is 37.6 Å². The highest BCUT2D eigenvalue weighted by molar-refractivity contribution is 6.20. The fraction of sp³-hybridized carbons (Fsp3) is 0.308. The van der Waals surface area contributed by atoms with Gasteiger partial charge in [-0.15, -0.1) is 11.6 Å². The van der Waals surface area contributed by atoms with Crippen molar-refractivity contribution in [3.05, 3.63) is 53.2 Å². The average molecular weight is 236 g/mol. The van der Waals surface area contributed by atoms with Gasteiger partial charge in [-0.25, -0.2) is 0 Å². The van der Waals surface area contributed by atoms with Crippen molar-refractivity contribution in [3.8, 4) is 0 Å². The van der Waals surface area contributed by atoms with Crippen LogP contribution in [-0.4, -0.2) is 4.98 Å². The van der Waals surface area contributed by atoms with Crippen molar-refractivity contribution in [2.75, 3.05) is 0 Å². The molecule has 0 bridgehead atoms. The van der Waals surface area contributed by atoms with Crippen LogP contribution in [0.2, 0.25) is 0 Å². The first-order valence-electron chi connectivity index (χ1n) is 5.27. The van der Waals surface area contributed by atoms with Gasteiger partial charge in [0.15, 0.2) is 0 Å². The molecule has 1 unspecified atom stereocenters. The molecule has 84 valence electrons. The second-order valence-corrected chi connectivity index (χ2v) is 4.41. The summed E-state index contributed by atoms with van der Waals surface area (Å²) >= 11 is 6.29. The van der Waals surface area contributed by atoms with Gasteiger partial charge in [-0.3, -0.25) is 4.98 Å². The lowest BCUT2D eigenvalue weighted by molar-refractivity contribution is 0.476. The Morgan fingerprint density at radius 2 is 2.12 bits per heavy atom. The number of aryl methyl sites for hydroxylation is 2. The van der Waals surface area contributed by atoms with Crippen LogP contribution in [0.15, 0.2) is 34.9 Å². The lowest BCUT2D eigenvalue weighted by Crippen LogP contribution is -1.99. The zero-order valence-corrected chi connectivity index (χ0v) is 10.2. The summed E-state index contributed by atoms with van der Waals surface area (Å²) in [5, 5.41) is -0.151. The number of alkyl halides is 1. The van der Waals surface area contributed by atoms with Crippen LogP contribution in [0.1, 0.15) is 28.2 Å². The van der Waals surface area contributed by atoms with E-state index in [-0.39, 0.29) is 5.38 Å². The zero-order valence-electron chi connectivity index (χ0n) is 9.40. The first-order chi connectivity index (χ1) is 7.66. The minimum atomic E-state index is -0.151. The molecular formula is C13H14ClNO. The van der Waals surface area contributed by atoms with Crippen molar-refractivity contribution in [3.63, 3.8) is 0 Å². The van der Waals surface area contributed by atoms with Gasteiger partial charge in [-0.1, -0.05) is 6.07 Å². The van der Waals surface area contributed by atoms with Crippen LogP contribution < -0.4 is 0 Å². The molecule has 0 amide bonds. The fourth-order valence-corrected chi connectivity index (χ4v) is 1.89. The number of hydrogen-bond acceptors (Lipinski definition) is 2. The summed E-state index contributed by atoms with van der Waals surface area (Å²) in [6.07, 6.45) is 2.49. The van der Waals surface area contributed by atoms with Crippen LogP contribution in [0.4, 0.5) is 0 Å². The highest BCUT2D eigenvalue weighted by atomic mass is 35.5. The van der Waals surface area contributed by atoms with E-state index in [1.807, 2.05) is 38.1 Å². The topological polar surface area (TPSA) is 26.0 Å². The third kappa shape index (κ3) is 2.45. The molecular weight excluding hydrogens is 222 g/mol. The van der Waals surface area contributed by atoms with E-state index in [2.05, 4.69) is 4.98 Å². The molecule has 0 fully saturated rings. The molecule has 0 N–H and O–H groups in total. The van der Waals surface area contributed by atoms with Gasteiger partial charge < -0.3 is 4.42 Å². The molecule has 2 aromatic heterocycles. The fourth-order valence-electron chi connectivity index (χ4n) is 1.62. The van der Waals surface area contributed by atoms with E-state index >= 15 is 0 Å². The third-order valence-corrected chi connectivity index (χ3v) is 2.93. The maximum Gasteiger partial charge on any atom is 0.122 e. The number of hydrogen-bond donors (Lipinski definition) is 0. The molecule has 16 heavy (non-hydrogen) atoms. The van der Waals surface area contributed by atoms with Crippen molar-refractivity contribution >= 4 is 11.6 Å². The van der Waals surface area contributed by atoms with Crippen LogP contribution in [0.5, 0.6) is 0 Å². The number of halogens is 1. The van der Waals surface area contributed by atoms with E-state index in [0.29, 0.717) is 6.42 Å².